The van der Waals surface area contributed by atoms with Crippen LogP contribution in [0.25, 0.3) is 0 Å². The summed E-state index contributed by atoms with van der Waals surface area (Å²) < 4.78 is 24.7. The minimum absolute atomic E-state index is 0.174. The molecule has 0 aliphatic rings. The van der Waals surface area contributed by atoms with E-state index in [1.54, 1.807) is 0 Å². The third kappa shape index (κ3) is 1.83. The van der Waals surface area contributed by atoms with Gasteiger partial charge in [0.1, 0.15) is 5.82 Å². The molecule has 0 saturated carbocycles. The number of benzene rings is 1. The summed E-state index contributed by atoms with van der Waals surface area (Å²) >= 11 is 0. The van der Waals surface area contributed by atoms with Crippen molar-refractivity contribution in [1.29, 1.82) is 0 Å². The molecule has 0 N–H and O–H groups in total. The van der Waals surface area contributed by atoms with Gasteiger partial charge in [0.2, 0.25) is 0 Å². The molecule has 0 heterocycles. The Bertz CT molecular complexity index is 243. The van der Waals surface area contributed by atoms with Crippen molar-refractivity contribution < 1.29 is 13.6 Å². The summed E-state index contributed by atoms with van der Waals surface area (Å²) in [6.07, 6.45) is -1.47. The van der Waals surface area contributed by atoms with Gasteiger partial charge in [-0.15, -0.1) is 0 Å². The zero-order valence-electron chi connectivity index (χ0n) is 5.63. The van der Waals surface area contributed by atoms with Crippen LogP contribution in [0, 0.1) is 5.82 Å². The van der Waals surface area contributed by atoms with Gasteiger partial charge >= 0.3 is 0 Å². The first-order chi connectivity index (χ1) is 5.24. The zero-order chi connectivity index (χ0) is 8.27. The molecule has 1 atom stereocenters. The highest BCUT2D eigenvalue weighted by atomic mass is 19.1. The molecule has 0 amide bonds. The zero-order valence-corrected chi connectivity index (χ0v) is 5.63. The lowest BCUT2D eigenvalue weighted by molar-refractivity contribution is -0.112. The third-order valence-corrected chi connectivity index (χ3v) is 1.31. The third-order valence-electron chi connectivity index (χ3n) is 1.31. The van der Waals surface area contributed by atoms with Crippen LogP contribution in [0.3, 0.4) is 0 Å². The molecule has 1 nitrogen and oxygen atoms in total. The number of hydrogen-bond donors (Lipinski definition) is 0. The normalized spacial score (nSPS) is 12.5. The lowest BCUT2D eigenvalue weighted by Gasteiger charge is -1.98. The quantitative estimate of drug-likeness (QED) is 0.599. The molecule has 1 rings (SSSR count). The van der Waals surface area contributed by atoms with E-state index in [0.717, 1.165) is 12.1 Å². The molecule has 0 aliphatic carbocycles. The second kappa shape index (κ2) is 3.23. The van der Waals surface area contributed by atoms with E-state index in [0.29, 0.717) is 0 Å². The Balaban J connectivity index is 2.89. The van der Waals surface area contributed by atoms with Crippen molar-refractivity contribution in [1.82, 2.24) is 0 Å². The van der Waals surface area contributed by atoms with E-state index in [9.17, 15) is 13.6 Å². The van der Waals surface area contributed by atoms with Gasteiger partial charge in [-0.2, -0.15) is 0 Å². The molecule has 3 heteroatoms. The molecule has 58 valence electrons. The summed E-state index contributed by atoms with van der Waals surface area (Å²) in [6, 6.07) is 4.72. The summed E-state index contributed by atoms with van der Waals surface area (Å²) in [5.41, 5.74) is 0.182. The number of alkyl halides is 1. The van der Waals surface area contributed by atoms with Gasteiger partial charge < -0.3 is 0 Å². The summed E-state index contributed by atoms with van der Waals surface area (Å²) in [6.45, 7) is 0. The van der Waals surface area contributed by atoms with Crippen molar-refractivity contribution in [3.8, 4) is 0 Å². The average molecular weight is 156 g/mol. The number of rotatable bonds is 2. The van der Waals surface area contributed by atoms with Crippen molar-refractivity contribution >= 4 is 6.29 Å². The number of aldehydes is 1. The SMILES string of the molecule is O=CC(F)c1ccc(F)cc1. The first-order valence-corrected chi connectivity index (χ1v) is 3.09. The number of halogens is 2. The van der Waals surface area contributed by atoms with E-state index in [-0.39, 0.29) is 11.8 Å². The molecule has 0 saturated heterocycles. The van der Waals surface area contributed by atoms with Crippen molar-refractivity contribution in [3.63, 3.8) is 0 Å². The van der Waals surface area contributed by atoms with Crippen LogP contribution in [-0.4, -0.2) is 6.29 Å². The van der Waals surface area contributed by atoms with Crippen LogP contribution < -0.4 is 0 Å². The van der Waals surface area contributed by atoms with E-state index in [2.05, 4.69) is 0 Å². The number of hydrogen-bond acceptors (Lipinski definition) is 1. The predicted molar refractivity (Wildman–Crippen MR) is 36.3 cm³/mol. The number of carbonyl (C=O) groups excluding carboxylic acids is 1. The lowest BCUT2D eigenvalue weighted by atomic mass is 10.1. The molecule has 0 spiro atoms. The van der Waals surface area contributed by atoms with Crippen molar-refractivity contribution in [2.45, 2.75) is 6.17 Å². The van der Waals surface area contributed by atoms with Crippen LogP contribution in [0.4, 0.5) is 8.78 Å². The van der Waals surface area contributed by atoms with Crippen molar-refractivity contribution in [2.24, 2.45) is 0 Å². The summed E-state index contributed by atoms with van der Waals surface area (Å²) in [5, 5.41) is 0. The van der Waals surface area contributed by atoms with Gasteiger partial charge in [-0.3, -0.25) is 4.79 Å². The first kappa shape index (κ1) is 7.85. The van der Waals surface area contributed by atoms with Gasteiger partial charge in [0.25, 0.3) is 0 Å². The van der Waals surface area contributed by atoms with Gasteiger partial charge in [0.05, 0.1) is 0 Å². The Hall–Kier alpha value is -1.25. The molecular formula is C8H6F2O. The number of carbonyl (C=O) groups is 1. The molecule has 0 bridgehead atoms. The molecule has 11 heavy (non-hydrogen) atoms. The molecule has 1 unspecified atom stereocenters. The lowest BCUT2D eigenvalue weighted by Crippen LogP contribution is -1.91. The fraction of sp³-hybridized carbons (Fsp3) is 0.125. The van der Waals surface area contributed by atoms with Crippen LogP contribution in [0.15, 0.2) is 24.3 Å². The maximum atomic E-state index is 12.5. The highest BCUT2D eigenvalue weighted by molar-refractivity contribution is 5.59. The van der Waals surface area contributed by atoms with E-state index < -0.39 is 12.0 Å². The van der Waals surface area contributed by atoms with Gasteiger partial charge in [-0.05, 0) is 17.7 Å². The van der Waals surface area contributed by atoms with Crippen LogP contribution in [0.2, 0.25) is 0 Å². The maximum Gasteiger partial charge on any atom is 0.180 e. The van der Waals surface area contributed by atoms with E-state index in [4.69, 9.17) is 0 Å². The van der Waals surface area contributed by atoms with Gasteiger partial charge in [-0.25, -0.2) is 8.78 Å². The van der Waals surface area contributed by atoms with E-state index in [1.165, 1.54) is 12.1 Å². The highest BCUT2D eigenvalue weighted by Crippen LogP contribution is 2.14. The Morgan fingerprint density at radius 3 is 2.27 bits per heavy atom. The summed E-state index contributed by atoms with van der Waals surface area (Å²) in [5.74, 6) is -0.438. The maximum absolute atomic E-state index is 12.5. The van der Waals surface area contributed by atoms with Gasteiger partial charge in [-0.1, -0.05) is 12.1 Å². The van der Waals surface area contributed by atoms with Crippen LogP contribution >= 0.6 is 0 Å². The van der Waals surface area contributed by atoms with Crippen molar-refractivity contribution in [2.75, 3.05) is 0 Å². The molecule has 1 aromatic rings. The van der Waals surface area contributed by atoms with Crippen LogP contribution in [0.1, 0.15) is 11.7 Å². The molecule has 0 aliphatic heterocycles. The molecule has 0 aromatic heterocycles. The first-order valence-electron chi connectivity index (χ1n) is 3.09. The van der Waals surface area contributed by atoms with Crippen LogP contribution in [0.5, 0.6) is 0 Å². The Kier molecular flexibility index (Phi) is 2.31. The molecule has 0 fully saturated rings. The Morgan fingerprint density at radius 1 is 1.27 bits per heavy atom. The second-order valence-electron chi connectivity index (χ2n) is 2.09. The van der Waals surface area contributed by atoms with E-state index >= 15 is 0 Å². The van der Waals surface area contributed by atoms with Gasteiger partial charge in [0, 0.05) is 0 Å². The van der Waals surface area contributed by atoms with Crippen molar-refractivity contribution in [3.05, 3.63) is 35.6 Å². The Morgan fingerprint density at radius 2 is 1.82 bits per heavy atom. The Labute approximate surface area is 62.7 Å². The second-order valence-corrected chi connectivity index (χ2v) is 2.09. The standard InChI is InChI=1S/C8H6F2O/c9-7-3-1-6(2-4-7)8(10)5-11/h1-5,8H. The monoisotopic (exact) mass is 156 g/mol. The summed E-state index contributed by atoms with van der Waals surface area (Å²) in [7, 11) is 0. The summed E-state index contributed by atoms with van der Waals surface area (Å²) in [4.78, 5) is 9.92. The molecular weight excluding hydrogens is 150 g/mol. The van der Waals surface area contributed by atoms with E-state index in [1.807, 2.05) is 0 Å². The van der Waals surface area contributed by atoms with Gasteiger partial charge in [0.15, 0.2) is 12.5 Å². The molecule has 0 radical (unpaired) electrons. The predicted octanol–water partition coefficient (Wildman–Crippen LogP) is 2.04. The largest absolute Gasteiger partial charge is 0.300 e. The van der Waals surface area contributed by atoms with Crippen LogP contribution in [-0.2, 0) is 4.79 Å². The minimum Gasteiger partial charge on any atom is -0.300 e. The minimum atomic E-state index is -1.64. The highest BCUT2D eigenvalue weighted by Gasteiger charge is 2.06. The average Bonchev–Trinajstić information content (AvgIpc) is 2.05. The fourth-order valence-corrected chi connectivity index (χ4v) is 0.725. The molecule has 1 aromatic carbocycles. The topological polar surface area (TPSA) is 17.1 Å². The smallest absolute Gasteiger partial charge is 0.180 e. The fourth-order valence-electron chi connectivity index (χ4n) is 0.725.